The van der Waals surface area contributed by atoms with Gasteiger partial charge in [-0.05, 0) is 35.9 Å². The third-order valence-corrected chi connectivity index (χ3v) is 11.0. The van der Waals surface area contributed by atoms with Crippen LogP contribution in [0.2, 0.25) is 16.6 Å². The maximum atomic E-state index is 11.8. The van der Waals surface area contributed by atoms with E-state index in [1.165, 1.54) is 19.3 Å². The molecule has 2 heteroatoms. The third kappa shape index (κ3) is 6.83. The largest absolute Gasteiger partial charge is 0.216 e. The standard InChI is InChI=1S/C19H35FSi/c1-17(2)21(18(3)4,19(5)6)16-14-12-10-8-7-9-11-13-15-20/h13,15,17-19H,7-12H2,1-6H3/b15-13-. The first-order valence-electron chi connectivity index (χ1n) is 8.64. The second kappa shape index (κ2) is 11.1. The summed E-state index contributed by atoms with van der Waals surface area (Å²) < 4.78 is 11.8. The SMILES string of the molecule is CC(C)[Si](C#CCCCCCC/C=C\F)(C(C)C)C(C)C. The summed E-state index contributed by atoms with van der Waals surface area (Å²) in [4.78, 5) is 0. The van der Waals surface area contributed by atoms with Crippen molar-refractivity contribution in [1.29, 1.82) is 0 Å². The molecule has 21 heavy (non-hydrogen) atoms. The number of hydrogen-bond donors (Lipinski definition) is 0. The first-order valence-corrected chi connectivity index (χ1v) is 10.9. The third-order valence-electron chi connectivity index (χ3n) is 4.68. The molecule has 0 aliphatic rings. The zero-order valence-corrected chi connectivity index (χ0v) is 16.0. The average Bonchev–Trinajstić information content (AvgIpc) is 2.39. The molecule has 0 saturated heterocycles. The van der Waals surface area contributed by atoms with Gasteiger partial charge in [0, 0.05) is 6.42 Å². The molecule has 0 spiro atoms. The summed E-state index contributed by atoms with van der Waals surface area (Å²) >= 11 is 0. The fourth-order valence-electron chi connectivity index (χ4n) is 3.54. The highest BCUT2D eigenvalue weighted by Gasteiger charge is 2.41. The van der Waals surface area contributed by atoms with Crippen molar-refractivity contribution in [3.63, 3.8) is 0 Å². The minimum atomic E-state index is -1.53. The second-order valence-corrected chi connectivity index (χ2v) is 12.6. The molecular formula is C19H35FSi. The number of rotatable bonds is 9. The quantitative estimate of drug-likeness (QED) is 0.243. The van der Waals surface area contributed by atoms with Gasteiger partial charge in [-0.2, -0.15) is 0 Å². The highest BCUT2D eigenvalue weighted by molar-refractivity contribution is 6.90. The maximum absolute atomic E-state index is 11.8. The van der Waals surface area contributed by atoms with Crippen molar-refractivity contribution in [3.8, 4) is 11.5 Å². The van der Waals surface area contributed by atoms with Crippen LogP contribution in [0.25, 0.3) is 0 Å². The van der Waals surface area contributed by atoms with Gasteiger partial charge in [0.2, 0.25) is 0 Å². The van der Waals surface area contributed by atoms with Crippen molar-refractivity contribution in [2.24, 2.45) is 0 Å². The van der Waals surface area contributed by atoms with Crippen molar-refractivity contribution >= 4 is 8.07 Å². The maximum Gasteiger partial charge on any atom is 0.145 e. The lowest BCUT2D eigenvalue weighted by atomic mass is 10.1. The van der Waals surface area contributed by atoms with Gasteiger partial charge < -0.3 is 0 Å². The van der Waals surface area contributed by atoms with Crippen LogP contribution in [0.1, 0.15) is 80.1 Å². The van der Waals surface area contributed by atoms with Crippen LogP contribution in [-0.2, 0) is 0 Å². The van der Waals surface area contributed by atoms with Crippen LogP contribution < -0.4 is 0 Å². The van der Waals surface area contributed by atoms with Gasteiger partial charge in [0.1, 0.15) is 8.07 Å². The average molecular weight is 311 g/mol. The van der Waals surface area contributed by atoms with Gasteiger partial charge in [0.25, 0.3) is 0 Å². The van der Waals surface area contributed by atoms with Gasteiger partial charge in [0.15, 0.2) is 0 Å². The Labute approximate surface area is 133 Å². The van der Waals surface area contributed by atoms with Crippen LogP contribution in [0.4, 0.5) is 4.39 Å². The van der Waals surface area contributed by atoms with Crippen LogP contribution in [0.5, 0.6) is 0 Å². The summed E-state index contributed by atoms with van der Waals surface area (Å²) in [5.41, 5.74) is 5.93. The van der Waals surface area contributed by atoms with Crippen molar-refractivity contribution < 1.29 is 4.39 Å². The first kappa shape index (κ1) is 20.4. The monoisotopic (exact) mass is 310 g/mol. The number of unbranched alkanes of at least 4 members (excludes halogenated alkanes) is 5. The summed E-state index contributed by atoms with van der Waals surface area (Å²) in [6, 6.07) is 0. The highest BCUT2D eigenvalue weighted by atomic mass is 28.3. The molecule has 0 saturated carbocycles. The lowest BCUT2D eigenvalue weighted by Gasteiger charge is -2.38. The van der Waals surface area contributed by atoms with E-state index in [2.05, 4.69) is 53.0 Å². The van der Waals surface area contributed by atoms with Crippen molar-refractivity contribution in [1.82, 2.24) is 0 Å². The summed E-state index contributed by atoms with van der Waals surface area (Å²) in [6.07, 6.45) is 8.84. The Morgan fingerprint density at radius 2 is 1.38 bits per heavy atom. The van der Waals surface area contributed by atoms with Gasteiger partial charge in [0.05, 0.1) is 6.33 Å². The summed E-state index contributed by atoms with van der Waals surface area (Å²) in [7, 11) is -1.53. The fourth-order valence-corrected chi connectivity index (χ4v) is 8.84. The Kier molecular flexibility index (Phi) is 10.8. The van der Waals surface area contributed by atoms with Crippen LogP contribution in [0, 0.1) is 11.5 Å². The molecule has 0 aromatic carbocycles. The van der Waals surface area contributed by atoms with Crippen molar-refractivity contribution in [3.05, 3.63) is 12.4 Å². The zero-order valence-electron chi connectivity index (χ0n) is 15.0. The smallest absolute Gasteiger partial charge is 0.145 e. The Morgan fingerprint density at radius 1 is 0.857 bits per heavy atom. The van der Waals surface area contributed by atoms with E-state index in [0.717, 1.165) is 35.9 Å². The van der Waals surface area contributed by atoms with Gasteiger partial charge in [-0.15, -0.1) is 11.5 Å². The highest BCUT2D eigenvalue weighted by Crippen LogP contribution is 2.40. The predicted molar refractivity (Wildman–Crippen MR) is 96.8 cm³/mol. The van der Waals surface area contributed by atoms with Crippen LogP contribution in [0.3, 0.4) is 0 Å². The van der Waals surface area contributed by atoms with Gasteiger partial charge in [-0.3, -0.25) is 0 Å². The van der Waals surface area contributed by atoms with E-state index in [-0.39, 0.29) is 0 Å². The van der Waals surface area contributed by atoms with Gasteiger partial charge >= 0.3 is 0 Å². The second-order valence-electron chi connectivity index (χ2n) is 7.01. The Morgan fingerprint density at radius 3 is 1.86 bits per heavy atom. The Bertz CT molecular complexity index is 323. The Balaban J connectivity index is 4.31. The van der Waals surface area contributed by atoms with E-state index in [9.17, 15) is 4.39 Å². The van der Waals surface area contributed by atoms with Gasteiger partial charge in [-0.25, -0.2) is 4.39 Å². The van der Waals surface area contributed by atoms with E-state index >= 15 is 0 Å². The van der Waals surface area contributed by atoms with Gasteiger partial charge in [-0.1, -0.05) is 60.5 Å². The zero-order chi connectivity index (χ0) is 16.3. The van der Waals surface area contributed by atoms with E-state index in [1.807, 2.05) is 0 Å². The summed E-state index contributed by atoms with van der Waals surface area (Å²) in [6.45, 7) is 14.2. The molecule has 0 radical (unpaired) electrons. The van der Waals surface area contributed by atoms with Crippen LogP contribution in [0.15, 0.2) is 12.4 Å². The lowest BCUT2D eigenvalue weighted by Crippen LogP contribution is -2.43. The number of allylic oxidation sites excluding steroid dienone is 1. The number of halogens is 1. The molecule has 0 aliphatic carbocycles. The van der Waals surface area contributed by atoms with E-state index < -0.39 is 8.07 Å². The first-order chi connectivity index (χ1) is 9.89. The molecule has 0 aliphatic heterocycles. The molecule has 0 unspecified atom stereocenters. The molecule has 0 rings (SSSR count). The van der Waals surface area contributed by atoms with Crippen LogP contribution in [-0.4, -0.2) is 8.07 Å². The van der Waals surface area contributed by atoms with E-state index in [0.29, 0.717) is 6.33 Å². The minimum absolute atomic E-state index is 0.652. The fraction of sp³-hybridized carbons (Fsp3) is 0.789. The summed E-state index contributed by atoms with van der Waals surface area (Å²) in [5, 5.41) is 0. The molecule has 0 amide bonds. The molecule has 0 atom stereocenters. The molecular weight excluding hydrogens is 275 g/mol. The molecule has 0 heterocycles. The molecule has 0 aromatic heterocycles. The molecule has 122 valence electrons. The van der Waals surface area contributed by atoms with Crippen molar-refractivity contribution in [2.75, 3.05) is 0 Å². The topological polar surface area (TPSA) is 0 Å². The molecule has 0 N–H and O–H groups in total. The summed E-state index contributed by atoms with van der Waals surface area (Å²) in [5.74, 6) is 3.51. The minimum Gasteiger partial charge on any atom is -0.216 e. The Hall–Kier alpha value is -0.553. The normalized spacial score (nSPS) is 12.5. The molecule has 0 bridgehead atoms. The van der Waals surface area contributed by atoms with Crippen molar-refractivity contribution in [2.45, 2.75) is 96.7 Å². The molecule has 0 nitrogen and oxygen atoms in total. The van der Waals surface area contributed by atoms with E-state index in [1.54, 1.807) is 6.08 Å². The predicted octanol–water partition coefficient (Wildman–Crippen LogP) is 7.03. The van der Waals surface area contributed by atoms with E-state index in [4.69, 9.17) is 0 Å². The lowest BCUT2D eigenvalue weighted by molar-refractivity contribution is 0.648. The molecule has 0 fully saturated rings. The molecule has 0 aromatic rings. The van der Waals surface area contributed by atoms with Crippen LogP contribution >= 0.6 is 0 Å². The number of hydrogen-bond acceptors (Lipinski definition) is 0.